The minimum Gasteiger partial charge on any atom is -0.462 e. The lowest BCUT2D eigenvalue weighted by Crippen LogP contribution is -2.56. The van der Waals surface area contributed by atoms with Gasteiger partial charge in [0.2, 0.25) is 6.54 Å². The van der Waals surface area contributed by atoms with E-state index in [2.05, 4.69) is 27.4 Å². The van der Waals surface area contributed by atoms with E-state index >= 15 is 4.39 Å². The van der Waals surface area contributed by atoms with Crippen LogP contribution in [0.3, 0.4) is 0 Å². The number of halogens is 3. The first-order chi connectivity index (χ1) is 21.3. The van der Waals surface area contributed by atoms with Crippen molar-refractivity contribution in [1.82, 2.24) is 19.8 Å². The number of benzene rings is 2. The molecule has 0 N–H and O–H groups in total. The highest BCUT2D eigenvalue weighted by molar-refractivity contribution is 7.99. The van der Waals surface area contributed by atoms with Crippen LogP contribution in [0.25, 0.3) is 26.9 Å². The number of rotatable bonds is 7. The number of hydrogen-bond acceptors (Lipinski definition) is 7. The third kappa shape index (κ3) is 5.83. The lowest BCUT2D eigenvalue weighted by atomic mass is 9.95. The number of carbonyl (C=O) groups is 1. The van der Waals surface area contributed by atoms with Gasteiger partial charge in [-0.15, -0.1) is 11.8 Å². The van der Waals surface area contributed by atoms with Crippen molar-refractivity contribution in [2.24, 2.45) is 0 Å². The zero-order valence-corrected chi connectivity index (χ0v) is 26.1. The van der Waals surface area contributed by atoms with Gasteiger partial charge in [-0.05, 0) is 68.3 Å². The van der Waals surface area contributed by atoms with Gasteiger partial charge in [-0.1, -0.05) is 30.3 Å². The zero-order valence-electron chi connectivity index (χ0n) is 24.5. The molecule has 4 heterocycles. The molecule has 0 bridgehead atoms. The van der Waals surface area contributed by atoms with E-state index < -0.39 is 23.6 Å². The number of aromatic nitrogens is 2. The highest BCUT2D eigenvalue weighted by Gasteiger charge is 2.36. The van der Waals surface area contributed by atoms with Crippen LogP contribution in [0.2, 0.25) is 5.02 Å². The second-order valence-corrected chi connectivity index (χ2v) is 13.0. The molecule has 1 aromatic heterocycles. The zero-order chi connectivity index (χ0) is 31.0. The van der Waals surface area contributed by atoms with Crippen LogP contribution in [0, 0.1) is 12.4 Å². The molecule has 3 aliphatic heterocycles. The van der Waals surface area contributed by atoms with Crippen LogP contribution in [0.4, 0.5) is 14.6 Å². The van der Waals surface area contributed by atoms with Crippen molar-refractivity contribution in [3.63, 3.8) is 0 Å². The van der Waals surface area contributed by atoms with E-state index in [0.29, 0.717) is 23.4 Å². The Morgan fingerprint density at radius 3 is 2.84 bits per heavy atom. The number of piperazine rings is 1. The smallest absolute Gasteiger partial charge is 0.319 e. The Balaban J connectivity index is 1.45. The molecule has 2 aromatic carbocycles. The summed E-state index contributed by atoms with van der Waals surface area (Å²) in [4.78, 5) is 31.9. The third-order valence-corrected chi connectivity index (χ3v) is 10.2. The van der Waals surface area contributed by atoms with Gasteiger partial charge in [0.25, 0.3) is 5.91 Å². The van der Waals surface area contributed by atoms with Crippen LogP contribution in [-0.2, 0) is 11.2 Å². The van der Waals surface area contributed by atoms with Crippen LogP contribution >= 0.6 is 23.4 Å². The molecule has 0 spiro atoms. The van der Waals surface area contributed by atoms with Crippen molar-refractivity contribution in [2.45, 2.75) is 42.7 Å². The number of thioether (sulfide) groups is 1. The van der Waals surface area contributed by atoms with E-state index in [1.165, 1.54) is 4.90 Å². The van der Waals surface area contributed by atoms with E-state index in [1.807, 2.05) is 24.1 Å². The normalized spacial score (nSPS) is 20.4. The Bertz CT molecular complexity index is 1670. The van der Waals surface area contributed by atoms with Crippen molar-refractivity contribution in [3.05, 3.63) is 64.5 Å². The van der Waals surface area contributed by atoms with Crippen LogP contribution in [0.1, 0.15) is 24.8 Å². The minimum absolute atomic E-state index is 0.0354. The molecule has 0 unspecified atom stereocenters. The average Bonchev–Trinajstić information content (AvgIpc) is 3.44. The molecule has 2 saturated heterocycles. The van der Waals surface area contributed by atoms with Gasteiger partial charge in [0.15, 0.2) is 11.6 Å². The summed E-state index contributed by atoms with van der Waals surface area (Å²) in [6.45, 7) is 12.5. The molecule has 2 atom stereocenters. The fraction of sp³-hybridized carbons (Fsp3) is 0.438. The van der Waals surface area contributed by atoms with Gasteiger partial charge < -0.3 is 24.3 Å². The summed E-state index contributed by atoms with van der Waals surface area (Å²) in [5.41, 5.74) is 2.22. The van der Waals surface area contributed by atoms with Crippen LogP contribution in [0.5, 0.6) is 6.01 Å². The monoisotopic (exact) mass is 638 g/mol. The van der Waals surface area contributed by atoms with Crippen molar-refractivity contribution in [1.29, 1.82) is 0 Å². The Kier molecular flexibility index (Phi) is 8.94. The number of likely N-dealkylation sites (tertiary alicyclic amines) is 1. The molecule has 1 amide bonds. The van der Waals surface area contributed by atoms with E-state index in [0.717, 1.165) is 54.0 Å². The number of nitrogens with zero attached hydrogens (tertiary/aromatic N) is 6. The number of ether oxygens (including phenoxy) is 1. The topological polar surface area (TPSA) is 66.2 Å². The quantitative estimate of drug-likeness (QED) is 0.232. The fourth-order valence-electron chi connectivity index (χ4n) is 6.43. The predicted octanol–water partition coefficient (Wildman–Crippen LogP) is 6.02. The van der Waals surface area contributed by atoms with Crippen LogP contribution in [-0.4, -0.2) is 89.9 Å². The summed E-state index contributed by atoms with van der Waals surface area (Å²) in [7, 11) is 2.05. The molecule has 44 heavy (non-hydrogen) atoms. The molecule has 6 rings (SSSR count). The maximum atomic E-state index is 16.8. The fourth-order valence-corrected chi connectivity index (χ4v) is 7.79. The number of fused-ring (bicyclic) bond motifs is 2. The van der Waals surface area contributed by atoms with Crippen molar-refractivity contribution < 1.29 is 18.3 Å². The second kappa shape index (κ2) is 12.9. The number of hydrogen-bond donors (Lipinski definition) is 0. The van der Waals surface area contributed by atoms with Crippen LogP contribution < -0.4 is 9.64 Å². The first-order valence-corrected chi connectivity index (χ1v) is 16.1. The Labute approximate surface area is 264 Å². The van der Waals surface area contributed by atoms with Gasteiger partial charge in [0, 0.05) is 41.5 Å². The van der Waals surface area contributed by atoms with Crippen molar-refractivity contribution in [3.8, 4) is 17.1 Å². The summed E-state index contributed by atoms with van der Waals surface area (Å²) in [5.74, 6) is -1.05. The number of carbonyl (C=O) groups excluding carboxylic acids is 1. The van der Waals surface area contributed by atoms with Gasteiger partial charge in [0.1, 0.15) is 24.0 Å². The Morgan fingerprint density at radius 1 is 1.25 bits per heavy atom. The molecule has 3 aliphatic rings. The van der Waals surface area contributed by atoms with Gasteiger partial charge in [0.05, 0.1) is 5.02 Å². The standard InChI is InChI=1S/C32H33ClF2N6O2S/c1-19(34)31(42)41-13-12-40(17-21(41)16-36-2)30-24-15-25(33)27(23-8-4-10-26-22(23)9-6-14-44-26)28(35)29(24)37-32(38-30)43-18-20-7-5-11-39(20)3/h4,8,10,15,20-21H,1,5-7,9,11-14,16-18H2,3H3/t20-,21-/m0/s1. The molecule has 3 aromatic rings. The number of amides is 1. The molecule has 0 saturated carbocycles. The first-order valence-electron chi connectivity index (χ1n) is 14.8. The van der Waals surface area contributed by atoms with Crippen LogP contribution in [0.15, 0.2) is 41.6 Å². The lowest BCUT2D eigenvalue weighted by molar-refractivity contribution is -0.131. The largest absolute Gasteiger partial charge is 0.462 e. The molecule has 0 aliphatic carbocycles. The van der Waals surface area contributed by atoms with Gasteiger partial charge in [-0.2, -0.15) is 9.97 Å². The van der Waals surface area contributed by atoms with Crippen molar-refractivity contribution in [2.75, 3.05) is 57.0 Å². The van der Waals surface area contributed by atoms with Gasteiger partial charge >= 0.3 is 6.01 Å². The van der Waals surface area contributed by atoms with E-state index in [9.17, 15) is 9.18 Å². The predicted molar refractivity (Wildman–Crippen MR) is 170 cm³/mol. The summed E-state index contributed by atoms with van der Waals surface area (Å²) in [6.07, 6.45) is 3.89. The highest BCUT2D eigenvalue weighted by Crippen LogP contribution is 2.43. The molecule has 2 fully saturated rings. The van der Waals surface area contributed by atoms with Gasteiger partial charge in [-0.25, -0.2) is 15.4 Å². The third-order valence-electron chi connectivity index (χ3n) is 8.73. The van der Waals surface area contributed by atoms with E-state index in [4.69, 9.17) is 27.9 Å². The number of likely N-dealkylation sites (N-methyl/N-ethyl adjacent to an activating group) is 1. The second-order valence-electron chi connectivity index (χ2n) is 11.4. The summed E-state index contributed by atoms with van der Waals surface area (Å²) in [5, 5.41) is 0.641. The number of anilines is 1. The summed E-state index contributed by atoms with van der Waals surface area (Å²) in [6, 6.07) is 7.21. The molecular weight excluding hydrogens is 606 g/mol. The van der Waals surface area contributed by atoms with Gasteiger partial charge in [-0.3, -0.25) is 4.79 Å². The maximum Gasteiger partial charge on any atom is 0.319 e. The highest BCUT2D eigenvalue weighted by atomic mass is 35.5. The Morgan fingerprint density at radius 2 is 2.09 bits per heavy atom. The minimum atomic E-state index is -1.07. The molecule has 0 radical (unpaired) electrons. The average molecular weight is 639 g/mol. The molecule has 230 valence electrons. The lowest BCUT2D eigenvalue weighted by Gasteiger charge is -2.39. The summed E-state index contributed by atoms with van der Waals surface area (Å²) < 4.78 is 36.7. The van der Waals surface area contributed by atoms with Crippen molar-refractivity contribution >= 4 is 46.0 Å². The van der Waals surface area contributed by atoms with E-state index in [1.54, 1.807) is 17.8 Å². The summed E-state index contributed by atoms with van der Waals surface area (Å²) >= 11 is 8.64. The Hall–Kier alpha value is -3.46. The SMILES string of the molecule is [C-]#[N+]C[C@H]1CN(c2nc(OC[C@@H]3CCCN3C)nc3c(F)c(-c4cccc5c4CCCS5)c(Cl)cc23)CCN1C(=O)C(=C)F. The molecule has 12 heteroatoms. The molecular formula is C32H33ClF2N6O2S. The maximum absolute atomic E-state index is 16.8. The van der Waals surface area contributed by atoms with E-state index in [-0.39, 0.29) is 48.8 Å². The first kappa shape index (κ1) is 30.6. The molecule has 8 nitrogen and oxygen atoms in total.